The molecule has 138 valence electrons. The van der Waals surface area contributed by atoms with Crippen LogP contribution in [0.15, 0.2) is 61.3 Å². The molecule has 0 aromatic heterocycles. The van der Waals surface area contributed by atoms with Crippen LogP contribution >= 0.6 is 11.8 Å². The smallest absolute Gasteiger partial charge is 0.216 e. The van der Waals surface area contributed by atoms with Crippen molar-refractivity contribution in [1.82, 2.24) is 5.32 Å². The van der Waals surface area contributed by atoms with Crippen molar-refractivity contribution in [3.63, 3.8) is 0 Å². The summed E-state index contributed by atoms with van der Waals surface area (Å²) in [5.74, 6) is 0.280. The summed E-state index contributed by atoms with van der Waals surface area (Å²) in [5.41, 5.74) is 1.07. The normalized spacial score (nSPS) is 10.9. The second kappa shape index (κ2) is 18.2. The minimum absolute atomic E-state index is 0.0231. The van der Waals surface area contributed by atoms with Gasteiger partial charge in [0, 0.05) is 19.2 Å². The third-order valence-electron chi connectivity index (χ3n) is 2.45. The van der Waals surface area contributed by atoms with Gasteiger partial charge in [-0.3, -0.25) is 14.4 Å². The standard InChI is InChI=1S/C12H16.C8H13NO3S/c1-4-7-8-9-11-12(6-3)10-5-2;1-6(10)5-8(12)13-4-3-9-7(2)11/h5-11H,2-4H2,1H3;3-5H2,1-2H3,(H,9,11)/b8-7-,11-9+,12-10+;. The Morgan fingerprint density at radius 1 is 1.12 bits per heavy atom. The van der Waals surface area contributed by atoms with Crippen molar-refractivity contribution in [3.8, 4) is 0 Å². The fourth-order valence-electron chi connectivity index (χ4n) is 1.36. The average Bonchev–Trinajstić information content (AvgIpc) is 2.54. The summed E-state index contributed by atoms with van der Waals surface area (Å²) in [7, 11) is 0. The molecular formula is C20H29NO3S. The van der Waals surface area contributed by atoms with E-state index in [2.05, 4.69) is 31.5 Å². The Balaban J connectivity index is 0. The molecule has 4 nitrogen and oxygen atoms in total. The highest BCUT2D eigenvalue weighted by atomic mass is 32.2. The first-order chi connectivity index (χ1) is 11.9. The summed E-state index contributed by atoms with van der Waals surface area (Å²) < 4.78 is 0. The number of ketones is 1. The molecule has 0 bridgehead atoms. The molecule has 0 radical (unpaired) electrons. The summed E-state index contributed by atoms with van der Waals surface area (Å²) >= 11 is 1.07. The Kier molecular flexibility index (Phi) is 18.3. The van der Waals surface area contributed by atoms with Crippen LogP contribution in [0.5, 0.6) is 0 Å². The van der Waals surface area contributed by atoms with Crippen molar-refractivity contribution in [2.45, 2.75) is 33.6 Å². The molecule has 0 heterocycles. The molecule has 0 fully saturated rings. The van der Waals surface area contributed by atoms with Crippen LogP contribution < -0.4 is 5.32 Å². The van der Waals surface area contributed by atoms with Crippen molar-refractivity contribution in [2.75, 3.05) is 12.3 Å². The highest BCUT2D eigenvalue weighted by Crippen LogP contribution is 2.04. The lowest BCUT2D eigenvalue weighted by Gasteiger charge is -1.99. The van der Waals surface area contributed by atoms with Gasteiger partial charge in [0.05, 0.1) is 6.42 Å². The molecule has 1 amide bonds. The molecule has 0 saturated heterocycles. The van der Waals surface area contributed by atoms with E-state index in [0.29, 0.717) is 12.3 Å². The van der Waals surface area contributed by atoms with Crippen LogP contribution in [0.2, 0.25) is 0 Å². The summed E-state index contributed by atoms with van der Waals surface area (Å²) in [6.45, 7) is 12.7. The first kappa shape index (κ1) is 25.1. The molecule has 0 rings (SSSR count). The van der Waals surface area contributed by atoms with Crippen LogP contribution in [-0.2, 0) is 14.4 Å². The average molecular weight is 364 g/mol. The highest BCUT2D eigenvalue weighted by molar-refractivity contribution is 8.13. The van der Waals surface area contributed by atoms with E-state index in [1.165, 1.54) is 13.8 Å². The van der Waals surface area contributed by atoms with Crippen LogP contribution in [0.3, 0.4) is 0 Å². The number of hydrogen-bond acceptors (Lipinski definition) is 4. The molecule has 0 aliphatic rings. The molecule has 25 heavy (non-hydrogen) atoms. The highest BCUT2D eigenvalue weighted by Gasteiger charge is 2.05. The van der Waals surface area contributed by atoms with Gasteiger partial charge in [-0.1, -0.05) is 74.4 Å². The predicted octanol–water partition coefficient (Wildman–Crippen LogP) is 4.17. The number of rotatable bonds is 10. The van der Waals surface area contributed by atoms with E-state index < -0.39 is 0 Å². The molecule has 0 unspecified atom stereocenters. The van der Waals surface area contributed by atoms with Gasteiger partial charge in [0.25, 0.3) is 0 Å². The number of nitrogens with one attached hydrogen (secondary N) is 1. The number of amides is 1. The summed E-state index contributed by atoms with van der Waals surface area (Å²) in [4.78, 5) is 31.8. The maximum Gasteiger partial charge on any atom is 0.216 e. The second-order valence-corrected chi connectivity index (χ2v) is 6.04. The number of carbonyl (C=O) groups excluding carboxylic acids is 3. The van der Waals surface area contributed by atoms with Gasteiger partial charge in [0.1, 0.15) is 5.78 Å². The topological polar surface area (TPSA) is 63.2 Å². The number of Topliss-reactive ketones (excluding diaryl/α,β-unsaturated/α-hetero) is 1. The van der Waals surface area contributed by atoms with Gasteiger partial charge in [-0.05, 0) is 18.9 Å². The van der Waals surface area contributed by atoms with Gasteiger partial charge < -0.3 is 5.32 Å². The first-order valence-corrected chi connectivity index (χ1v) is 9.03. The molecule has 0 spiro atoms. The first-order valence-electron chi connectivity index (χ1n) is 8.05. The van der Waals surface area contributed by atoms with Gasteiger partial charge in [-0.2, -0.15) is 0 Å². The van der Waals surface area contributed by atoms with Crippen molar-refractivity contribution in [2.24, 2.45) is 0 Å². The van der Waals surface area contributed by atoms with E-state index in [-0.39, 0.29) is 23.2 Å². The summed E-state index contributed by atoms with van der Waals surface area (Å²) in [6.07, 6.45) is 14.7. The maximum absolute atomic E-state index is 10.9. The van der Waals surface area contributed by atoms with Crippen LogP contribution in [0.1, 0.15) is 33.6 Å². The van der Waals surface area contributed by atoms with Crippen LogP contribution in [0.25, 0.3) is 0 Å². The third-order valence-corrected chi connectivity index (χ3v) is 3.32. The summed E-state index contributed by atoms with van der Waals surface area (Å²) in [6, 6.07) is 0. The van der Waals surface area contributed by atoms with Gasteiger partial charge in [-0.25, -0.2) is 0 Å². The maximum atomic E-state index is 10.9. The van der Waals surface area contributed by atoms with Crippen molar-refractivity contribution in [3.05, 3.63) is 61.3 Å². The quantitative estimate of drug-likeness (QED) is 0.359. The molecule has 0 aliphatic heterocycles. The van der Waals surface area contributed by atoms with Crippen molar-refractivity contribution < 1.29 is 14.4 Å². The lowest BCUT2D eigenvalue weighted by molar-refractivity contribution is -0.122. The van der Waals surface area contributed by atoms with E-state index in [4.69, 9.17) is 0 Å². The Bertz CT molecular complexity index is 531. The lowest BCUT2D eigenvalue weighted by atomic mass is 10.2. The third kappa shape index (κ3) is 21.9. The van der Waals surface area contributed by atoms with E-state index in [0.717, 1.165) is 23.8 Å². The largest absolute Gasteiger partial charge is 0.356 e. The van der Waals surface area contributed by atoms with Gasteiger partial charge >= 0.3 is 0 Å². The Morgan fingerprint density at radius 3 is 2.28 bits per heavy atom. The van der Waals surface area contributed by atoms with E-state index >= 15 is 0 Å². The zero-order chi connectivity index (χ0) is 19.5. The van der Waals surface area contributed by atoms with Crippen LogP contribution in [0.4, 0.5) is 0 Å². The Morgan fingerprint density at radius 2 is 1.80 bits per heavy atom. The van der Waals surface area contributed by atoms with E-state index in [1.54, 1.807) is 12.2 Å². The molecule has 0 aromatic rings. The van der Waals surface area contributed by atoms with E-state index in [1.807, 2.05) is 24.3 Å². The monoisotopic (exact) mass is 363 g/mol. The second-order valence-electron chi connectivity index (χ2n) is 4.88. The number of thioether (sulfide) groups is 1. The zero-order valence-electron chi connectivity index (χ0n) is 15.4. The van der Waals surface area contributed by atoms with Crippen molar-refractivity contribution >= 4 is 28.6 Å². The number of carbonyl (C=O) groups is 3. The fourth-order valence-corrected chi connectivity index (χ4v) is 2.09. The zero-order valence-corrected chi connectivity index (χ0v) is 16.2. The van der Waals surface area contributed by atoms with Gasteiger partial charge in [0.2, 0.25) is 5.91 Å². The van der Waals surface area contributed by atoms with Crippen LogP contribution in [-0.4, -0.2) is 29.1 Å². The van der Waals surface area contributed by atoms with Crippen LogP contribution in [0, 0.1) is 0 Å². The predicted molar refractivity (Wildman–Crippen MR) is 108 cm³/mol. The Labute approximate surface area is 155 Å². The minimum Gasteiger partial charge on any atom is -0.356 e. The van der Waals surface area contributed by atoms with E-state index in [9.17, 15) is 14.4 Å². The molecule has 0 aliphatic carbocycles. The van der Waals surface area contributed by atoms with Gasteiger partial charge in [-0.15, -0.1) is 0 Å². The fraction of sp³-hybridized carbons (Fsp3) is 0.350. The molecule has 0 atom stereocenters. The van der Waals surface area contributed by atoms with Gasteiger partial charge in [0.15, 0.2) is 5.12 Å². The lowest BCUT2D eigenvalue weighted by Crippen LogP contribution is -2.22. The number of allylic oxidation sites excluding steroid dienone is 8. The number of hydrogen-bond donors (Lipinski definition) is 1. The minimum atomic E-state index is -0.141. The molecule has 1 N–H and O–H groups in total. The Hall–Kier alpha value is -2.14. The molecule has 0 aromatic carbocycles. The SMILES string of the molecule is C=C/C=C(C=C)/C=C/C=C\CC.CC(=O)CC(=O)SCCNC(C)=O. The van der Waals surface area contributed by atoms with Crippen molar-refractivity contribution in [1.29, 1.82) is 0 Å². The molecule has 0 saturated carbocycles. The molecular weight excluding hydrogens is 334 g/mol. The molecule has 5 heteroatoms. The summed E-state index contributed by atoms with van der Waals surface area (Å²) in [5, 5.41) is 2.42.